The number of para-hydroxylation sites is 1. The van der Waals surface area contributed by atoms with Gasteiger partial charge in [-0.1, -0.05) is 23.9 Å². The molecule has 3 heterocycles. The number of allylic oxidation sites excluding steroid dienone is 1. The molecule has 0 fully saturated rings. The standard InChI is InChI=1S/C25H32N6OS/c26-25(27)29-14-13-28-23(32)10-2-1-5-15-30-17-11-19(12-18-30)20-7-6-16-31-21-8-3-4-9-22(21)33-24(20)31/h3-4,8-9,11-12,17-18H,1-2,5-7,10,13-16H2,(H4-,26,27,28,29,32)/p+1. The van der Waals surface area contributed by atoms with Crippen LogP contribution in [0.1, 0.15) is 44.1 Å². The third kappa shape index (κ3) is 6.07. The number of nitrogens with one attached hydrogen (secondary N) is 1. The average Bonchev–Trinajstić information content (AvgIpc) is 3.21. The summed E-state index contributed by atoms with van der Waals surface area (Å²) in [5, 5.41) is 4.23. The molecular formula is C25H33N6OS+. The molecular weight excluding hydrogens is 432 g/mol. The Morgan fingerprint density at radius 2 is 1.94 bits per heavy atom. The number of pyridine rings is 1. The van der Waals surface area contributed by atoms with Crippen LogP contribution in [-0.4, -0.2) is 31.5 Å². The van der Waals surface area contributed by atoms with Crippen molar-refractivity contribution in [2.24, 2.45) is 16.5 Å². The molecule has 0 radical (unpaired) electrons. The van der Waals surface area contributed by atoms with Crippen molar-refractivity contribution in [3.05, 3.63) is 59.4 Å². The first-order chi connectivity index (χ1) is 16.1. The maximum Gasteiger partial charge on any atom is 0.220 e. The Kier molecular flexibility index (Phi) is 7.88. The topological polar surface area (TPSA) is 101 Å². The van der Waals surface area contributed by atoms with Crippen LogP contribution < -0.4 is 26.3 Å². The lowest BCUT2D eigenvalue weighted by Gasteiger charge is -2.28. The fraction of sp³-hybridized carbons (Fsp3) is 0.400. The van der Waals surface area contributed by atoms with E-state index in [0.717, 1.165) is 38.8 Å². The quantitative estimate of drug-likeness (QED) is 0.217. The Morgan fingerprint density at radius 3 is 2.76 bits per heavy atom. The summed E-state index contributed by atoms with van der Waals surface area (Å²) in [6.07, 6.45) is 10.2. The molecule has 33 heavy (non-hydrogen) atoms. The highest BCUT2D eigenvalue weighted by atomic mass is 32.2. The molecule has 1 aromatic heterocycles. The predicted molar refractivity (Wildman–Crippen MR) is 135 cm³/mol. The highest BCUT2D eigenvalue weighted by molar-refractivity contribution is 8.04. The van der Waals surface area contributed by atoms with E-state index in [4.69, 9.17) is 11.5 Å². The zero-order chi connectivity index (χ0) is 23.0. The molecule has 4 rings (SSSR count). The first kappa shape index (κ1) is 23.2. The van der Waals surface area contributed by atoms with E-state index in [9.17, 15) is 4.79 Å². The van der Waals surface area contributed by atoms with Gasteiger partial charge in [0.1, 0.15) is 6.54 Å². The van der Waals surface area contributed by atoms with Crippen molar-refractivity contribution in [2.75, 3.05) is 24.5 Å². The first-order valence-electron chi connectivity index (χ1n) is 11.7. The highest BCUT2D eigenvalue weighted by Gasteiger charge is 2.30. The van der Waals surface area contributed by atoms with Gasteiger partial charge in [-0.15, -0.1) is 0 Å². The maximum atomic E-state index is 11.8. The molecule has 2 aliphatic rings. The van der Waals surface area contributed by atoms with Crippen molar-refractivity contribution in [2.45, 2.75) is 50.0 Å². The van der Waals surface area contributed by atoms with Crippen LogP contribution in [0, 0.1) is 0 Å². The van der Waals surface area contributed by atoms with Crippen molar-refractivity contribution in [3.63, 3.8) is 0 Å². The molecule has 1 amide bonds. The molecule has 0 bridgehead atoms. The maximum absolute atomic E-state index is 11.8. The lowest BCUT2D eigenvalue weighted by Crippen LogP contribution is -2.32. The third-order valence-corrected chi connectivity index (χ3v) is 7.19. The Balaban J connectivity index is 1.23. The second-order valence-corrected chi connectivity index (χ2v) is 9.43. The molecule has 0 aliphatic carbocycles. The minimum atomic E-state index is 0.0517. The number of carbonyl (C=O) groups is 1. The van der Waals surface area contributed by atoms with E-state index >= 15 is 0 Å². The number of aromatic nitrogens is 1. The van der Waals surface area contributed by atoms with Crippen molar-refractivity contribution >= 4 is 34.9 Å². The Labute approximate surface area is 199 Å². The normalized spacial score (nSPS) is 14.6. The van der Waals surface area contributed by atoms with E-state index in [1.165, 1.54) is 33.2 Å². The molecule has 8 heteroatoms. The molecule has 0 atom stereocenters. The van der Waals surface area contributed by atoms with Crippen LogP contribution in [0.4, 0.5) is 5.69 Å². The molecule has 0 saturated carbocycles. The largest absolute Gasteiger partial charge is 0.370 e. The second kappa shape index (κ2) is 11.2. The summed E-state index contributed by atoms with van der Waals surface area (Å²) in [5.41, 5.74) is 14.7. The number of rotatable bonds is 10. The number of aryl methyl sites for hydroxylation is 1. The van der Waals surface area contributed by atoms with Gasteiger partial charge in [0, 0.05) is 43.0 Å². The summed E-state index contributed by atoms with van der Waals surface area (Å²) in [7, 11) is 0. The first-order valence-corrected chi connectivity index (χ1v) is 12.5. The zero-order valence-electron chi connectivity index (χ0n) is 19.0. The molecule has 0 unspecified atom stereocenters. The van der Waals surface area contributed by atoms with Crippen molar-refractivity contribution in [1.82, 2.24) is 5.32 Å². The minimum Gasteiger partial charge on any atom is -0.370 e. The number of nitrogens with zero attached hydrogens (tertiary/aromatic N) is 3. The number of nitrogens with two attached hydrogens (primary N) is 2. The van der Waals surface area contributed by atoms with Gasteiger partial charge >= 0.3 is 0 Å². The number of benzene rings is 1. The monoisotopic (exact) mass is 465 g/mol. The molecule has 2 aromatic rings. The predicted octanol–water partition coefficient (Wildman–Crippen LogP) is 3.00. The number of thioether (sulfide) groups is 1. The van der Waals surface area contributed by atoms with Crippen LogP contribution in [0.2, 0.25) is 0 Å². The summed E-state index contributed by atoms with van der Waals surface area (Å²) in [5.74, 6) is 0.108. The average molecular weight is 466 g/mol. The summed E-state index contributed by atoms with van der Waals surface area (Å²) in [4.78, 5) is 19.5. The van der Waals surface area contributed by atoms with Crippen LogP contribution in [0.5, 0.6) is 0 Å². The smallest absolute Gasteiger partial charge is 0.220 e. The van der Waals surface area contributed by atoms with Crippen LogP contribution in [0.25, 0.3) is 5.57 Å². The molecule has 2 aliphatic heterocycles. The fourth-order valence-corrected chi connectivity index (χ4v) is 5.58. The van der Waals surface area contributed by atoms with Crippen LogP contribution >= 0.6 is 11.8 Å². The van der Waals surface area contributed by atoms with Gasteiger partial charge in [-0.3, -0.25) is 9.79 Å². The summed E-state index contributed by atoms with van der Waals surface area (Å²) in [6.45, 7) is 2.96. The Bertz CT molecular complexity index is 1030. The summed E-state index contributed by atoms with van der Waals surface area (Å²) >= 11 is 1.90. The minimum absolute atomic E-state index is 0.0517. The highest BCUT2D eigenvalue weighted by Crippen LogP contribution is 2.51. The van der Waals surface area contributed by atoms with Crippen LogP contribution in [-0.2, 0) is 11.3 Å². The lowest BCUT2D eigenvalue weighted by atomic mass is 10.00. The number of amides is 1. The SMILES string of the molecule is NC(N)=NCCNC(=O)CCCCC[n+]1ccc(C2=C3Sc4ccccc4N3CCC2)cc1. The van der Waals surface area contributed by atoms with E-state index in [0.29, 0.717) is 19.5 Å². The Morgan fingerprint density at radius 1 is 1.12 bits per heavy atom. The van der Waals surface area contributed by atoms with Gasteiger partial charge in [0.15, 0.2) is 18.4 Å². The molecule has 5 N–H and O–H groups in total. The van der Waals surface area contributed by atoms with Gasteiger partial charge < -0.3 is 21.7 Å². The summed E-state index contributed by atoms with van der Waals surface area (Å²) in [6, 6.07) is 13.2. The number of unbranched alkanes of at least 4 members (excludes halogenated alkanes) is 2. The van der Waals surface area contributed by atoms with Gasteiger partial charge in [0.05, 0.1) is 17.3 Å². The molecule has 0 spiro atoms. The number of hydrogen-bond donors (Lipinski definition) is 3. The second-order valence-electron chi connectivity index (χ2n) is 8.40. The van der Waals surface area contributed by atoms with Crippen molar-refractivity contribution in [3.8, 4) is 0 Å². The molecule has 0 saturated heterocycles. The van der Waals surface area contributed by atoms with Gasteiger partial charge in [0.25, 0.3) is 0 Å². The molecule has 1 aromatic carbocycles. The van der Waals surface area contributed by atoms with E-state index in [2.05, 4.69) is 68.6 Å². The van der Waals surface area contributed by atoms with Crippen LogP contribution in [0.15, 0.2) is 63.7 Å². The van der Waals surface area contributed by atoms with Crippen LogP contribution in [0.3, 0.4) is 0 Å². The number of carbonyl (C=O) groups excluding carboxylic acids is 1. The molecule has 174 valence electrons. The van der Waals surface area contributed by atoms with E-state index < -0.39 is 0 Å². The van der Waals surface area contributed by atoms with Gasteiger partial charge in [0.2, 0.25) is 5.91 Å². The number of fused-ring (bicyclic) bond motifs is 3. The van der Waals surface area contributed by atoms with E-state index in [-0.39, 0.29) is 11.9 Å². The zero-order valence-corrected chi connectivity index (χ0v) is 19.8. The number of anilines is 1. The van der Waals surface area contributed by atoms with Crippen molar-refractivity contribution < 1.29 is 9.36 Å². The van der Waals surface area contributed by atoms with Gasteiger partial charge in [-0.05, 0) is 49.0 Å². The number of guanidine groups is 1. The third-order valence-electron chi connectivity index (χ3n) is 5.96. The van der Waals surface area contributed by atoms with E-state index in [1.54, 1.807) is 0 Å². The van der Waals surface area contributed by atoms with Crippen molar-refractivity contribution in [1.29, 1.82) is 0 Å². The fourth-order valence-electron chi connectivity index (χ4n) is 4.30. The molecule has 7 nitrogen and oxygen atoms in total. The van der Waals surface area contributed by atoms with E-state index in [1.807, 2.05) is 11.8 Å². The summed E-state index contributed by atoms with van der Waals surface area (Å²) < 4.78 is 2.24. The Hall–Kier alpha value is -3.00. The number of aliphatic imine (C=N–C) groups is 1. The van der Waals surface area contributed by atoms with Gasteiger partial charge in [-0.25, -0.2) is 4.57 Å². The van der Waals surface area contributed by atoms with Gasteiger partial charge in [-0.2, -0.15) is 0 Å². The lowest BCUT2D eigenvalue weighted by molar-refractivity contribution is -0.697. The number of hydrogen-bond acceptors (Lipinski definition) is 4.